The first-order valence-electron chi connectivity index (χ1n) is 24.7. The number of halogens is 2. The van der Waals surface area contributed by atoms with E-state index in [1.54, 1.807) is 0 Å². The summed E-state index contributed by atoms with van der Waals surface area (Å²) in [5.74, 6) is 5.36. The Morgan fingerprint density at radius 2 is 0.877 bits per heavy atom. The Balaban J connectivity index is 0.00000111. The topological polar surface area (TPSA) is 71.1 Å². The van der Waals surface area contributed by atoms with Crippen LogP contribution in [0.3, 0.4) is 0 Å². The molecule has 0 unspecified atom stereocenters. The van der Waals surface area contributed by atoms with Crippen molar-refractivity contribution in [2.75, 3.05) is 13.2 Å². The van der Waals surface area contributed by atoms with Gasteiger partial charge >= 0.3 is 349 Å². The van der Waals surface area contributed by atoms with Gasteiger partial charge in [-0.3, -0.25) is 0 Å². The third kappa shape index (κ3) is 10.2. The summed E-state index contributed by atoms with van der Waals surface area (Å²) in [7, 11) is 15.1. The Kier molecular flexibility index (Phi) is 15.3. The van der Waals surface area contributed by atoms with Crippen molar-refractivity contribution >= 4 is 53.0 Å². The van der Waals surface area contributed by atoms with E-state index < -0.39 is 27.1 Å². The molecule has 0 aliphatic heterocycles. The maximum Gasteiger partial charge on any atom is -0.0590 e. The van der Waals surface area contributed by atoms with Crippen LogP contribution in [0.1, 0.15) is 119 Å². The molecule has 0 atom stereocenters. The van der Waals surface area contributed by atoms with Crippen LogP contribution in [0.15, 0.2) is 97.1 Å². The molecular formula is C56H70Cl2O6Te. The second-order valence-electron chi connectivity index (χ2n) is 20.1. The molecule has 0 spiro atoms. The largest absolute Gasteiger partial charge is 0.0656 e. The van der Waals surface area contributed by atoms with Gasteiger partial charge in [0.2, 0.25) is 0 Å². The van der Waals surface area contributed by atoms with E-state index in [2.05, 4.69) is 27.7 Å². The monoisotopic (exact) mass is 1040 g/mol. The van der Waals surface area contributed by atoms with E-state index in [0.717, 1.165) is 53.1 Å². The van der Waals surface area contributed by atoms with E-state index in [9.17, 15) is 9.59 Å². The standard InChI is InChI=1S/C51H56Cl2O6Te.C3H8.C2H6/c1-50(38-20-32-13-14-33(22-38)23-39(50)21-32)58-48(54)30-56-46-17-15-42(28-44(46)36-9-5-3-6-10-36)60(52,53)43-16-18-47(45(29-43)37-11-7-4-8-12-37)57-31-49(55)59-51(2)40-24-34-19-35(26-40)27-41(51)25-34;1-3-2;1-2/h3-12,15-18,28-29,32-35,38-41H,13-14,19-27,30-31H2,1-2H3;3H2,1-2H3;1-2H3. The average Bonchev–Trinajstić information content (AvgIpc) is 3.61. The summed E-state index contributed by atoms with van der Waals surface area (Å²) in [6.07, 6.45) is 14.6. The molecular weight excluding hydrogens is 967 g/mol. The van der Waals surface area contributed by atoms with Crippen molar-refractivity contribution in [3.8, 4) is 33.8 Å². The van der Waals surface area contributed by atoms with Gasteiger partial charge in [-0.05, 0) is 6.42 Å². The molecule has 4 aromatic carbocycles. The molecule has 8 saturated carbocycles. The van der Waals surface area contributed by atoms with Crippen molar-refractivity contribution in [2.24, 2.45) is 47.3 Å². The number of esters is 2. The number of hydrogen-bond donors (Lipinski definition) is 0. The second-order valence-corrected chi connectivity index (χ2v) is 32.7. The van der Waals surface area contributed by atoms with Crippen molar-refractivity contribution < 1.29 is 28.5 Å². The number of benzene rings is 4. The van der Waals surface area contributed by atoms with Gasteiger partial charge in [-0.1, -0.05) is 47.0 Å². The fourth-order valence-corrected chi connectivity index (χ4v) is 19.1. The third-order valence-corrected chi connectivity index (χ3v) is 25.5. The van der Waals surface area contributed by atoms with E-state index >= 15 is 0 Å². The molecule has 0 radical (unpaired) electrons. The summed E-state index contributed by atoms with van der Waals surface area (Å²) < 4.78 is 27.0. The van der Waals surface area contributed by atoms with Crippen molar-refractivity contribution in [2.45, 2.75) is 130 Å². The van der Waals surface area contributed by atoms with Crippen LogP contribution in [-0.2, 0) is 19.1 Å². The molecule has 8 fully saturated rings. The van der Waals surface area contributed by atoms with Gasteiger partial charge in [0.1, 0.15) is 0 Å². The first-order chi connectivity index (χ1) is 31.4. The van der Waals surface area contributed by atoms with Gasteiger partial charge in [0.25, 0.3) is 0 Å². The van der Waals surface area contributed by atoms with Crippen LogP contribution in [-0.4, -0.2) is 52.3 Å². The summed E-state index contributed by atoms with van der Waals surface area (Å²) in [6, 6.07) is 31.6. The van der Waals surface area contributed by atoms with Crippen molar-refractivity contribution in [1.82, 2.24) is 0 Å². The minimum Gasteiger partial charge on any atom is -0.0656 e. The zero-order valence-electron chi connectivity index (χ0n) is 39.4. The molecule has 65 heavy (non-hydrogen) atoms. The van der Waals surface area contributed by atoms with Crippen LogP contribution in [0.5, 0.6) is 11.5 Å². The molecule has 12 rings (SSSR count). The molecule has 350 valence electrons. The number of fused-ring (bicyclic) bond motifs is 1. The minimum absolute atomic E-state index is 0.174. The van der Waals surface area contributed by atoms with Crippen LogP contribution < -0.4 is 16.7 Å². The predicted octanol–water partition coefficient (Wildman–Crippen LogP) is 13.2. The van der Waals surface area contributed by atoms with Crippen molar-refractivity contribution in [3.05, 3.63) is 97.1 Å². The van der Waals surface area contributed by atoms with Crippen LogP contribution in [0.2, 0.25) is 0 Å². The van der Waals surface area contributed by atoms with Gasteiger partial charge in [-0.15, -0.1) is 0 Å². The number of hydrogen-bond acceptors (Lipinski definition) is 6. The number of ether oxygens (including phenoxy) is 4. The molecule has 6 nitrogen and oxygen atoms in total. The van der Waals surface area contributed by atoms with Gasteiger partial charge in [0, 0.05) is 0 Å². The summed E-state index contributed by atoms with van der Waals surface area (Å²) in [5, 5.41) is 0. The Morgan fingerprint density at radius 1 is 0.538 bits per heavy atom. The Hall–Kier alpha value is -3.21. The molecule has 0 N–H and O–H groups in total. The summed E-state index contributed by atoms with van der Waals surface area (Å²) in [6.45, 7) is 12.2. The molecule has 8 bridgehead atoms. The van der Waals surface area contributed by atoms with Gasteiger partial charge < -0.3 is 0 Å². The number of carbonyl (C=O) groups excluding carboxylic acids is 2. The predicted molar refractivity (Wildman–Crippen MR) is 266 cm³/mol. The van der Waals surface area contributed by atoms with E-state index in [4.69, 9.17) is 36.9 Å². The molecule has 4 aromatic rings. The molecule has 0 saturated heterocycles. The number of carbonyl (C=O) groups is 2. The van der Waals surface area contributed by atoms with Gasteiger partial charge in [0.05, 0.1) is 0 Å². The molecule has 0 heterocycles. The van der Waals surface area contributed by atoms with Crippen LogP contribution in [0.25, 0.3) is 22.3 Å². The van der Waals surface area contributed by atoms with Gasteiger partial charge in [-0.25, -0.2) is 0 Å². The average molecular weight is 1040 g/mol. The van der Waals surface area contributed by atoms with E-state index in [1.807, 2.05) is 111 Å². The van der Waals surface area contributed by atoms with Crippen LogP contribution in [0.4, 0.5) is 0 Å². The second kappa shape index (κ2) is 20.6. The third-order valence-electron chi connectivity index (χ3n) is 15.9. The van der Waals surface area contributed by atoms with Crippen LogP contribution in [0, 0.1) is 47.3 Å². The smallest absolute Gasteiger partial charge is 0.0590 e. The quantitative estimate of drug-likeness (QED) is 0.104. The Morgan fingerprint density at radius 3 is 1.23 bits per heavy atom. The Bertz CT molecular complexity index is 2200. The zero-order chi connectivity index (χ0) is 45.9. The zero-order valence-corrected chi connectivity index (χ0v) is 43.2. The summed E-state index contributed by atoms with van der Waals surface area (Å²) in [5.41, 5.74) is 2.64. The van der Waals surface area contributed by atoms with Gasteiger partial charge in [0.15, 0.2) is 0 Å². The molecule has 9 heteroatoms. The first-order valence-corrected chi connectivity index (χ1v) is 32.9. The van der Waals surface area contributed by atoms with E-state index in [0.29, 0.717) is 35.2 Å². The fraction of sp³-hybridized carbons (Fsp3) is 0.536. The molecule has 0 aromatic heterocycles. The number of rotatable bonds is 12. The normalized spacial score (nSPS) is 30.5. The van der Waals surface area contributed by atoms with Crippen molar-refractivity contribution in [3.63, 3.8) is 0 Å². The van der Waals surface area contributed by atoms with Gasteiger partial charge in [-0.2, -0.15) is 0 Å². The van der Waals surface area contributed by atoms with Crippen LogP contribution >= 0.6 is 17.9 Å². The molecule has 0 amide bonds. The minimum atomic E-state index is -4.08. The fourth-order valence-electron chi connectivity index (χ4n) is 12.9. The van der Waals surface area contributed by atoms with E-state index in [-0.39, 0.29) is 25.2 Å². The maximum atomic E-state index is 13.6. The summed E-state index contributed by atoms with van der Waals surface area (Å²) >= 11 is -4.08. The maximum absolute atomic E-state index is 13.6. The first kappa shape index (κ1) is 48.3. The molecule has 8 aliphatic carbocycles. The summed E-state index contributed by atoms with van der Waals surface area (Å²) in [4.78, 5) is 27.0. The molecule has 8 aliphatic rings. The van der Waals surface area contributed by atoms with E-state index in [1.165, 1.54) is 77.0 Å². The Labute approximate surface area is 400 Å². The van der Waals surface area contributed by atoms with Crippen molar-refractivity contribution in [1.29, 1.82) is 0 Å². The SMILES string of the molecule is CC.CC1(OC(=O)COc2ccc([Te](Cl)(Cl)c3ccc(OCC(=O)OC4(C)C5CC6CC(C5)CC4C6)c(-c4ccccc4)c3)cc2-c2ccccc2)C2CC3CCC(C2)CC1C3.CCC.